The van der Waals surface area contributed by atoms with Gasteiger partial charge in [-0.25, -0.2) is 4.79 Å². The van der Waals surface area contributed by atoms with Crippen LogP contribution in [0.1, 0.15) is 26.5 Å². The van der Waals surface area contributed by atoms with Crippen LogP contribution in [0.5, 0.6) is 0 Å². The molecule has 2 aromatic heterocycles. The van der Waals surface area contributed by atoms with Crippen molar-refractivity contribution in [1.29, 1.82) is 0 Å². The van der Waals surface area contributed by atoms with Gasteiger partial charge >= 0.3 is 5.97 Å². The van der Waals surface area contributed by atoms with E-state index in [4.69, 9.17) is 9.52 Å². The molecule has 118 valence electrons. The molecule has 2 heterocycles. The lowest BCUT2D eigenvalue weighted by molar-refractivity contribution is 0.0663. The number of carboxylic acids is 1. The normalized spacial score (nSPS) is 10.8. The number of carbonyl (C=O) groups excluding carboxylic acids is 1. The van der Waals surface area contributed by atoms with Gasteiger partial charge in [0.1, 0.15) is 5.76 Å². The van der Waals surface area contributed by atoms with Gasteiger partial charge in [-0.3, -0.25) is 9.78 Å². The molecule has 5 nitrogen and oxygen atoms in total. The molecule has 1 aromatic carbocycles. The summed E-state index contributed by atoms with van der Waals surface area (Å²) in [7, 11) is 0. The molecule has 0 aliphatic rings. The van der Waals surface area contributed by atoms with E-state index >= 15 is 0 Å². The number of carbonyl (C=O) groups is 2. The number of benzene rings is 1. The third-order valence-corrected chi connectivity index (χ3v) is 3.38. The Morgan fingerprint density at radius 3 is 2.46 bits per heavy atom. The number of rotatable bonds is 5. The van der Waals surface area contributed by atoms with Crippen LogP contribution in [0.3, 0.4) is 0 Å². The lowest BCUT2D eigenvalue weighted by Gasteiger charge is -1.99. The zero-order valence-corrected chi connectivity index (χ0v) is 12.5. The van der Waals surface area contributed by atoms with Gasteiger partial charge in [-0.05, 0) is 35.9 Å². The van der Waals surface area contributed by atoms with Gasteiger partial charge in [0.15, 0.2) is 5.78 Å². The minimum absolute atomic E-state index is 0.121. The van der Waals surface area contributed by atoms with E-state index in [0.717, 1.165) is 5.56 Å². The Kier molecular flexibility index (Phi) is 4.34. The van der Waals surface area contributed by atoms with Gasteiger partial charge in [0, 0.05) is 23.5 Å². The first-order valence-electron chi connectivity index (χ1n) is 7.19. The van der Waals surface area contributed by atoms with E-state index in [9.17, 15) is 9.59 Å². The number of hydrogen-bond acceptors (Lipinski definition) is 4. The van der Waals surface area contributed by atoms with Crippen LogP contribution in [0.2, 0.25) is 0 Å². The Bertz CT molecular complexity index is 893. The second-order valence-corrected chi connectivity index (χ2v) is 5.03. The Labute approximate surface area is 137 Å². The summed E-state index contributed by atoms with van der Waals surface area (Å²) in [6, 6.07) is 13.4. The van der Waals surface area contributed by atoms with Crippen LogP contribution in [-0.2, 0) is 0 Å². The first-order chi connectivity index (χ1) is 11.6. The van der Waals surface area contributed by atoms with Crippen molar-refractivity contribution in [2.45, 2.75) is 0 Å². The van der Waals surface area contributed by atoms with Crippen LogP contribution in [0, 0.1) is 0 Å². The van der Waals surface area contributed by atoms with Crippen molar-refractivity contribution in [2.75, 3.05) is 0 Å². The Balaban J connectivity index is 1.75. The van der Waals surface area contributed by atoms with Crippen LogP contribution >= 0.6 is 0 Å². The molecular weight excluding hydrogens is 306 g/mol. The van der Waals surface area contributed by atoms with Crippen LogP contribution in [-0.4, -0.2) is 21.8 Å². The van der Waals surface area contributed by atoms with E-state index in [1.807, 2.05) is 6.07 Å². The van der Waals surface area contributed by atoms with Crippen molar-refractivity contribution in [2.24, 2.45) is 0 Å². The van der Waals surface area contributed by atoms with E-state index < -0.39 is 5.97 Å². The van der Waals surface area contributed by atoms with Crippen molar-refractivity contribution in [3.8, 4) is 11.3 Å². The predicted molar refractivity (Wildman–Crippen MR) is 88.7 cm³/mol. The molecule has 0 fully saturated rings. The summed E-state index contributed by atoms with van der Waals surface area (Å²) in [5.74, 6) is -0.925. The summed E-state index contributed by atoms with van der Waals surface area (Å²) in [4.78, 5) is 27.0. The number of nitrogens with zero attached hydrogens (tertiary/aromatic N) is 1. The highest BCUT2D eigenvalue weighted by molar-refractivity contribution is 6.07. The monoisotopic (exact) mass is 319 g/mol. The number of aromatic carboxylic acids is 1. The van der Waals surface area contributed by atoms with Crippen LogP contribution < -0.4 is 0 Å². The highest BCUT2D eigenvalue weighted by Crippen LogP contribution is 2.23. The van der Waals surface area contributed by atoms with Gasteiger partial charge in [-0.2, -0.15) is 0 Å². The second kappa shape index (κ2) is 6.75. The zero-order chi connectivity index (χ0) is 16.9. The molecule has 0 spiro atoms. The van der Waals surface area contributed by atoms with Crippen molar-refractivity contribution in [3.63, 3.8) is 0 Å². The fourth-order valence-corrected chi connectivity index (χ4v) is 2.15. The predicted octanol–water partition coefficient (Wildman–Crippen LogP) is 3.94. The van der Waals surface area contributed by atoms with Gasteiger partial charge in [-0.15, -0.1) is 0 Å². The molecule has 0 unspecified atom stereocenters. The van der Waals surface area contributed by atoms with Crippen molar-refractivity contribution in [1.82, 2.24) is 4.98 Å². The third kappa shape index (κ3) is 3.47. The first kappa shape index (κ1) is 15.4. The highest BCUT2D eigenvalue weighted by Gasteiger charge is 2.10. The summed E-state index contributed by atoms with van der Waals surface area (Å²) in [6.45, 7) is 0. The van der Waals surface area contributed by atoms with Crippen molar-refractivity contribution < 1.29 is 19.1 Å². The standard InChI is InChI=1S/C19H13NO4/c21-16(8-3-13-2-1-11-20-12-13)14-4-6-15(7-5-14)17-9-10-18(24-17)19(22)23/h1-12H,(H,22,23). The number of carboxylic acid groups (broad SMARTS) is 1. The van der Waals surface area contributed by atoms with Gasteiger partial charge < -0.3 is 9.52 Å². The molecule has 3 aromatic rings. The molecule has 3 rings (SSSR count). The number of allylic oxidation sites excluding steroid dienone is 1. The lowest BCUT2D eigenvalue weighted by Crippen LogP contribution is -1.94. The molecule has 0 saturated heterocycles. The van der Waals surface area contributed by atoms with E-state index in [-0.39, 0.29) is 11.5 Å². The van der Waals surface area contributed by atoms with E-state index in [1.54, 1.807) is 54.9 Å². The van der Waals surface area contributed by atoms with Crippen LogP contribution in [0.25, 0.3) is 17.4 Å². The summed E-state index contributed by atoms with van der Waals surface area (Å²) < 4.78 is 5.23. The number of ketones is 1. The third-order valence-electron chi connectivity index (χ3n) is 3.38. The molecule has 0 atom stereocenters. The maximum Gasteiger partial charge on any atom is 0.371 e. The smallest absolute Gasteiger partial charge is 0.371 e. The fraction of sp³-hybridized carbons (Fsp3) is 0. The van der Waals surface area contributed by atoms with Gasteiger partial charge in [0.05, 0.1) is 0 Å². The topological polar surface area (TPSA) is 80.4 Å². The SMILES string of the molecule is O=C(C=Cc1cccnc1)c1ccc(-c2ccc(C(=O)O)o2)cc1. The van der Waals surface area contributed by atoms with Crippen LogP contribution in [0.15, 0.2) is 71.4 Å². The Morgan fingerprint density at radius 2 is 1.83 bits per heavy atom. The Morgan fingerprint density at radius 1 is 1.04 bits per heavy atom. The molecule has 1 N–H and O–H groups in total. The fourth-order valence-electron chi connectivity index (χ4n) is 2.15. The second-order valence-electron chi connectivity index (χ2n) is 5.03. The first-order valence-corrected chi connectivity index (χ1v) is 7.19. The molecule has 0 bridgehead atoms. The molecule has 0 aliphatic carbocycles. The van der Waals surface area contributed by atoms with E-state index in [2.05, 4.69) is 4.98 Å². The Hall–Kier alpha value is -3.47. The summed E-state index contributed by atoms with van der Waals surface area (Å²) in [6.07, 6.45) is 6.53. The quantitative estimate of drug-likeness (QED) is 0.569. The average Bonchev–Trinajstić information content (AvgIpc) is 3.11. The molecule has 5 heteroatoms. The largest absolute Gasteiger partial charge is 0.475 e. The average molecular weight is 319 g/mol. The summed E-state index contributed by atoms with van der Waals surface area (Å²) >= 11 is 0. The molecule has 0 radical (unpaired) electrons. The minimum Gasteiger partial charge on any atom is -0.475 e. The molecule has 0 saturated carbocycles. The van der Waals surface area contributed by atoms with Crippen molar-refractivity contribution in [3.05, 3.63) is 83.9 Å². The van der Waals surface area contributed by atoms with Crippen LogP contribution in [0.4, 0.5) is 0 Å². The van der Waals surface area contributed by atoms with Gasteiger partial charge in [0.2, 0.25) is 5.76 Å². The van der Waals surface area contributed by atoms with E-state index in [1.165, 1.54) is 12.1 Å². The van der Waals surface area contributed by atoms with Crippen molar-refractivity contribution >= 4 is 17.8 Å². The van der Waals surface area contributed by atoms with Gasteiger partial charge in [-0.1, -0.05) is 30.3 Å². The number of aromatic nitrogens is 1. The molecule has 0 amide bonds. The maximum absolute atomic E-state index is 12.2. The summed E-state index contributed by atoms with van der Waals surface area (Å²) in [5.41, 5.74) is 2.08. The number of furan rings is 1. The number of pyridine rings is 1. The molecule has 0 aliphatic heterocycles. The minimum atomic E-state index is -1.12. The van der Waals surface area contributed by atoms with Gasteiger partial charge in [0.25, 0.3) is 0 Å². The lowest BCUT2D eigenvalue weighted by atomic mass is 10.1. The summed E-state index contributed by atoms with van der Waals surface area (Å²) in [5, 5.41) is 8.86. The number of hydrogen-bond donors (Lipinski definition) is 1. The molecule has 24 heavy (non-hydrogen) atoms. The highest BCUT2D eigenvalue weighted by atomic mass is 16.4. The zero-order valence-electron chi connectivity index (χ0n) is 12.5. The molecular formula is C19H13NO4. The van der Waals surface area contributed by atoms with E-state index in [0.29, 0.717) is 16.9 Å². The maximum atomic E-state index is 12.2.